The van der Waals surface area contributed by atoms with Gasteiger partial charge in [0, 0.05) is 35.6 Å². The van der Waals surface area contributed by atoms with Gasteiger partial charge in [0.15, 0.2) is 5.78 Å². The number of benzene rings is 3. The maximum absolute atomic E-state index is 14.9. The van der Waals surface area contributed by atoms with E-state index in [1.807, 2.05) is 0 Å². The van der Waals surface area contributed by atoms with Crippen LogP contribution >= 0.6 is 34.8 Å². The van der Waals surface area contributed by atoms with Crippen LogP contribution in [0.4, 0.5) is 32.0 Å². The lowest BCUT2D eigenvalue weighted by molar-refractivity contribution is -0.140. The standard InChI is InChI=1S/C29H20Cl3F6NO3/c1-12-7-16(11-18(25(12)30)22(41)10-15-4-5-20(33)17(26(15)35)8-13(2)40)39-27(42)24-23(28(24,31)32)14-3-6-21(34)19(9-14)29(36,37)38/h3-7,9,11,23-24H,8,10H2,1-2H3,(H,39,42)/t23-,24+/m0/s1. The number of carbonyl (C=O) groups is 3. The molecule has 0 radical (unpaired) electrons. The normalized spacial score (nSPS) is 17.6. The molecule has 222 valence electrons. The molecule has 1 N–H and O–H groups in total. The summed E-state index contributed by atoms with van der Waals surface area (Å²) < 4.78 is 80.5. The minimum atomic E-state index is -4.98. The average Bonchev–Trinajstić information content (AvgIpc) is 3.46. The first-order chi connectivity index (χ1) is 19.4. The molecule has 13 heteroatoms. The molecule has 1 amide bonds. The summed E-state index contributed by atoms with van der Waals surface area (Å²) in [6, 6.07) is 6.88. The number of anilines is 1. The fourth-order valence-corrected chi connectivity index (χ4v) is 5.79. The molecule has 1 aliphatic rings. The predicted molar refractivity (Wildman–Crippen MR) is 146 cm³/mol. The Kier molecular flexibility index (Phi) is 8.75. The number of halogens is 9. The van der Waals surface area contributed by atoms with Gasteiger partial charge in [-0.2, -0.15) is 13.2 Å². The third kappa shape index (κ3) is 6.31. The van der Waals surface area contributed by atoms with Crippen LogP contribution in [0, 0.1) is 30.3 Å². The summed E-state index contributed by atoms with van der Waals surface area (Å²) in [5.41, 5.74) is -1.96. The Morgan fingerprint density at radius 3 is 2.21 bits per heavy atom. The van der Waals surface area contributed by atoms with Gasteiger partial charge in [0.25, 0.3) is 0 Å². The van der Waals surface area contributed by atoms with E-state index < -0.39 is 81.2 Å². The second-order valence-electron chi connectivity index (χ2n) is 9.99. The third-order valence-corrected chi connectivity index (χ3v) is 8.30. The molecule has 1 aliphatic carbocycles. The van der Waals surface area contributed by atoms with E-state index in [0.29, 0.717) is 17.7 Å². The van der Waals surface area contributed by atoms with Crippen LogP contribution in [0.5, 0.6) is 0 Å². The van der Waals surface area contributed by atoms with Crippen LogP contribution in [0.2, 0.25) is 5.02 Å². The van der Waals surface area contributed by atoms with Crippen molar-refractivity contribution in [1.82, 2.24) is 0 Å². The second-order valence-corrected chi connectivity index (χ2v) is 11.8. The maximum Gasteiger partial charge on any atom is 0.419 e. The summed E-state index contributed by atoms with van der Waals surface area (Å²) in [7, 11) is 0. The number of rotatable bonds is 8. The summed E-state index contributed by atoms with van der Waals surface area (Å²) >= 11 is 18.8. The van der Waals surface area contributed by atoms with Crippen molar-refractivity contribution in [2.45, 2.75) is 43.1 Å². The van der Waals surface area contributed by atoms with E-state index in [1.165, 1.54) is 26.0 Å². The van der Waals surface area contributed by atoms with E-state index in [1.54, 1.807) is 0 Å². The van der Waals surface area contributed by atoms with Crippen molar-refractivity contribution in [2.24, 2.45) is 5.92 Å². The van der Waals surface area contributed by atoms with E-state index in [9.17, 15) is 40.7 Å². The average molecular weight is 651 g/mol. The van der Waals surface area contributed by atoms with Crippen molar-refractivity contribution in [3.05, 3.63) is 98.3 Å². The molecule has 0 bridgehead atoms. The third-order valence-electron chi connectivity index (χ3n) is 6.86. The molecular weight excluding hydrogens is 631 g/mol. The smallest absolute Gasteiger partial charge is 0.326 e. The van der Waals surface area contributed by atoms with Crippen molar-refractivity contribution in [1.29, 1.82) is 0 Å². The fourth-order valence-electron chi connectivity index (χ4n) is 4.75. The van der Waals surface area contributed by atoms with Crippen LogP contribution in [0.3, 0.4) is 0 Å². The number of carbonyl (C=O) groups excluding carboxylic acids is 3. The van der Waals surface area contributed by atoms with Gasteiger partial charge >= 0.3 is 6.18 Å². The molecule has 42 heavy (non-hydrogen) atoms. The number of alkyl halides is 5. The van der Waals surface area contributed by atoms with Crippen molar-refractivity contribution in [3.63, 3.8) is 0 Å². The number of ketones is 2. The van der Waals surface area contributed by atoms with Crippen molar-refractivity contribution >= 4 is 58.0 Å². The zero-order chi connectivity index (χ0) is 31.3. The maximum atomic E-state index is 14.9. The molecule has 0 unspecified atom stereocenters. The van der Waals surface area contributed by atoms with Gasteiger partial charge in [0.1, 0.15) is 27.6 Å². The first kappa shape index (κ1) is 31.8. The van der Waals surface area contributed by atoms with E-state index >= 15 is 0 Å². The van der Waals surface area contributed by atoms with Gasteiger partial charge in [-0.15, -0.1) is 23.2 Å². The second kappa shape index (κ2) is 11.5. The summed E-state index contributed by atoms with van der Waals surface area (Å²) in [4.78, 5) is 37.6. The van der Waals surface area contributed by atoms with Gasteiger partial charge in [-0.3, -0.25) is 14.4 Å². The predicted octanol–water partition coefficient (Wildman–Crippen LogP) is 8.17. The molecule has 0 aliphatic heterocycles. The molecule has 3 aromatic rings. The number of aryl methyl sites for hydroxylation is 1. The Balaban J connectivity index is 1.57. The van der Waals surface area contributed by atoms with Gasteiger partial charge in [-0.1, -0.05) is 23.7 Å². The number of hydrogen-bond donors (Lipinski definition) is 1. The monoisotopic (exact) mass is 649 g/mol. The first-order valence-corrected chi connectivity index (χ1v) is 13.4. The van der Waals surface area contributed by atoms with Crippen LogP contribution in [0.15, 0.2) is 42.5 Å². The van der Waals surface area contributed by atoms with Gasteiger partial charge in [-0.05, 0) is 60.9 Å². The Hall–Kier alpha value is -3.08. The Morgan fingerprint density at radius 2 is 1.60 bits per heavy atom. The minimum absolute atomic E-state index is 0.00352. The van der Waals surface area contributed by atoms with E-state index in [4.69, 9.17) is 34.8 Å². The van der Waals surface area contributed by atoms with Crippen LogP contribution in [0.25, 0.3) is 0 Å². The van der Waals surface area contributed by atoms with Crippen molar-refractivity contribution in [2.75, 3.05) is 5.32 Å². The summed E-state index contributed by atoms with van der Waals surface area (Å²) in [6.45, 7) is 2.70. The van der Waals surface area contributed by atoms with E-state index in [2.05, 4.69) is 5.32 Å². The zero-order valence-corrected chi connectivity index (χ0v) is 24.0. The molecule has 1 fully saturated rings. The summed E-state index contributed by atoms with van der Waals surface area (Å²) in [6.07, 6.45) is -6.03. The van der Waals surface area contributed by atoms with Gasteiger partial charge < -0.3 is 5.32 Å². The van der Waals surface area contributed by atoms with Crippen LogP contribution in [0.1, 0.15) is 51.0 Å². The molecule has 0 aromatic heterocycles. The van der Waals surface area contributed by atoms with Crippen molar-refractivity contribution in [3.8, 4) is 0 Å². The van der Waals surface area contributed by atoms with Gasteiger partial charge in [0.2, 0.25) is 5.91 Å². The quantitative estimate of drug-likeness (QED) is 0.152. The Labute approximate surface area is 250 Å². The number of amides is 1. The lowest BCUT2D eigenvalue weighted by Gasteiger charge is -2.13. The number of Topliss-reactive ketones (excluding diaryl/α,β-unsaturated/α-hetero) is 2. The molecule has 0 heterocycles. The zero-order valence-electron chi connectivity index (χ0n) is 21.7. The highest BCUT2D eigenvalue weighted by molar-refractivity contribution is 6.53. The highest BCUT2D eigenvalue weighted by Crippen LogP contribution is 2.65. The fraction of sp³-hybridized carbons (Fsp3) is 0.276. The van der Waals surface area contributed by atoms with Crippen molar-refractivity contribution < 1.29 is 40.7 Å². The van der Waals surface area contributed by atoms with Gasteiger partial charge in [0.05, 0.1) is 16.5 Å². The topological polar surface area (TPSA) is 63.2 Å². The largest absolute Gasteiger partial charge is 0.419 e. The Morgan fingerprint density at radius 1 is 0.952 bits per heavy atom. The molecule has 3 aromatic carbocycles. The SMILES string of the molecule is CC(=O)Cc1c(F)ccc(CC(=O)c2cc(NC(=O)[C@H]3[C@H](c4ccc(F)c(C(F)(F)F)c4)C3(Cl)Cl)cc(C)c2Cl)c1F. The number of hydrogen-bond acceptors (Lipinski definition) is 3. The summed E-state index contributed by atoms with van der Waals surface area (Å²) in [5.74, 6) is -7.73. The molecular formula is C29H20Cl3F6NO3. The molecule has 4 nitrogen and oxygen atoms in total. The molecule has 0 saturated heterocycles. The van der Waals surface area contributed by atoms with E-state index in [-0.39, 0.29) is 27.4 Å². The summed E-state index contributed by atoms with van der Waals surface area (Å²) in [5, 5.41) is 2.52. The minimum Gasteiger partial charge on any atom is -0.326 e. The van der Waals surface area contributed by atoms with E-state index in [0.717, 1.165) is 18.2 Å². The lowest BCUT2D eigenvalue weighted by atomic mass is 9.97. The highest BCUT2D eigenvalue weighted by Gasteiger charge is 2.67. The molecule has 2 atom stereocenters. The molecule has 0 spiro atoms. The first-order valence-electron chi connectivity index (χ1n) is 12.3. The Bertz CT molecular complexity index is 1620. The molecule has 1 saturated carbocycles. The van der Waals surface area contributed by atoms with Crippen LogP contribution in [-0.4, -0.2) is 21.8 Å². The van der Waals surface area contributed by atoms with Crippen LogP contribution < -0.4 is 5.32 Å². The molecule has 4 rings (SSSR count). The number of nitrogens with one attached hydrogen (secondary N) is 1. The van der Waals surface area contributed by atoms with Gasteiger partial charge in [-0.25, -0.2) is 13.2 Å². The highest BCUT2D eigenvalue weighted by atomic mass is 35.5. The van der Waals surface area contributed by atoms with Crippen LogP contribution in [-0.2, 0) is 28.6 Å². The lowest BCUT2D eigenvalue weighted by Crippen LogP contribution is -2.18.